The van der Waals surface area contributed by atoms with Gasteiger partial charge >= 0.3 is 6.03 Å². The summed E-state index contributed by atoms with van der Waals surface area (Å²) in [5, 5.41) is 7.22. The monoisotopic (exact) mass is 503 g/mol. The Labute approximate surface area is 216 Å². The van der Waals surface area contributed by atoms with Gasteiger partial charge in [0.05, 0.1) is 29.9 Å². The summed E-state index contributed by atoms with van der Waals surface area (Å²) in [4.78, 5) is 19.6. The number of aromatic nitrogens is 4. The van der Waals surface area contributed by atoms with Crippen LogP contribution in [0.25, 0.3) is 16.7 Å². The number of hydrogen-bond donors (Lipinski definition) is 2. The van der Waals surface area contributed by atoms with Crippen molar-refractivity contribution in [3.63, 3.8) is 0 Å². The zero-order valence-corrected chi connectivity index (χ0v) is 21.5. The molecule has 1 amide bonds. The number of morpholine rings is 1. The van der Waals surface area contributed by atoms with E-state index in [-0.39, 0.29) is 5.41 Å². The van der Waals surface area contributed by atoms with Crippen LogP contribution in [0.1, 0.15) is 26.5 Å². The van der Waals surface area contributed by atoms with Gasteiger partial charge in [-0.15, -0.1) is 0 Å². The molecule has 2 aromatic heterocycles. The van der Waals surface area contributed by atoms with Gasteiger partial charge in [0.25, 0.3) is 0 Å². The van der Waals surface area contributed by atoms with Crippen LogP contribution in [-0.2, 0) is 10.2 Å². The van der Waals surface area contributed by atoms with Crippen molar-refractivity contribution in [3.05, 3.63) is 60.6 Å². The zero-order valence-electron chi connectivity index (χ0n) is 21.5. The van der Waals surface area contributed by atoms with Gasteiger partial charge in [-0.1, -0.05) is 20.8 Å². The van der Waals surface area contributed by atoms with Crippen LogP contribution in [0.15, 0.2) is 54.9 Å². The van der Waals surface area contributed by atoms with E-state index < -0.39 is 6.03 Å². The van der Waals surface area contributed by atoms with Crippen LogP contribution < -0.4 is 15.8 Å². The first-order chi connectivity index (χ1) is 17.8. The number of carbonyl (C=O) groups excluding carboxylic acids is 1. The second kappa shape index (κ2) is 10.2. The van der Waals surface area contributed by atoms with Crippen LogP contribution in [0.2, 0.25) is 0 Å². The van der Waals surface area contributed by atoms with Gasteiger partial charge < -0.3 is 20.5 Å². The molecule has 3 N–H and O–H groups in total. The molecule has 0 spiro atoms. The molecule has 1 fully saturated rings. The predicted octanol–water partition coefficient (Wildman–Crippen LogP) is 3.89. The molecule has 194 valence electrons. The Hall–Kier alpha value is -3.89. The number of fused-ring (bicyclic) bond motifs is 1. The van der Waals surface area contributed by atoms with E-state index in [0.29, 0.717) is 18.1 Å². The molecule has 0 bridgehead atoms. The van der Waals surface area contributed by atoms with Gasteiger partial charge in [-0.25, -0.2) is 9.78 Å². The molecule has 1 saturated heterocycles. The van der Waals surface area contributed by atoms with Crippen LogP contribution in [0.4, 0.5) is 16.3 Å². The first-order valence-corrected chi connectivity index (χ1v) is 12.5. The topological polar surface area (TPSA) is 112 Å². The molecule has 0 aliphatic carbocycles. The molecule has 4 aromatic rings. The lowest BCUT2D eigenvalue weighted by atomic mass is 9.92. The van der Waals surface area contributed by atoms with Crippen molar-refractivity contribution in [2.75, 3.05) is 50.5 Å². The Kier molecular flexibility index (Phi) is 6.86. The number of nitrogen functional groups attached to an aromatic ring is 1. The highest BCUT2D eigenvalue weighted by Gasteiger charge is 2.21. The lowest BCUT2D eigenvalue weighted by molar-refractivity contribution is 0.0322. The van der Waals surface area contributed by atoms with Crippen molar-refractivity contribution >= 4 is 28.6 Å². The van der Waals surface area contributed by atoms with Crippen molar-refractivity contribution in [3.8, 4) is 11.4 Å². The van der Waals surface area contributed by atoms with Crippen LogP contribution in [0.3, 0.4) is 0 Å². The van der Waals surface area contributed by atoms with Crippen LogP contribution in [-0.4, -0.2) is 69.7 Å². The van der Waals surface area contributed by atoms with Crippen molar-refractivity contribution in [2.24, 2.45) is 0 Å². The Morgan fingerprint density at radius 1 is 1.11 bits per heavy atom. The highest BCUT2D eigenvalue weighted by molar-refractivity contribution is 5.92. The van der Waals surface area contributed by atoms with Crippen LogP contribution >= 0.6 is 0 Å². The molecule has 37 heavy (non-hydrogen) atoms. The van der Waals surface area contributed by atoms with Gasteiger partial charge in [0, 0.05) is 48.6 Å². The molecule has 10 nitrogen and oxygen atoms in total. The molecule has 10 heteroatoms. The summed E-state index contributed by atoms with van der Waals surface area (Å²) in [6.45, 7) is 11.0. The Morgan fingerprint density at radius 3 is 2.57 bits per heavy atom. The van der Waals surface area contributed by atoms with Gasteiger partial charge in [0.1, 0.15) is 24.5 Å². The molecule has 3 heterocycles. The third-order valence-corrected chi connectivity index (χ3v) is 6.39. The summed E-state index contributed by atoms with van der Waals surface area (Å²) in [7, 11) is 0. The molecular formula is C27H33N7O3. The maximum Gasteiger partial charge on any atom is 0.348 e. The molecule has 1 aliphatic heterocycles. The highest BCUT2D eigenvalue weighted by atomic mass is 16.5. The smallest absolute Gasteiger partial charge is 0.348 e. The first-order valence-electron chi connectivity index (χ1n) is 12.5. The fourth-order valence-corrected chi connectivity index (χ4v) is 4.21. The fraction of sp³-hybridized carbons (Fsp3) is 0.370. The third-order valence-electron chi connectivity index (χ3n) is 6.39. The Bertz CT molecular complexity index is 1380. The van der Waals surface area contributed by atoms with E-state index in [1.165, 1.54) is 4.68 Å². The average Bonchev–Trinajstić information content (AvgIpc) is 3.49. The Balaban J connectivity index is 1.23. The molecule has 1 aliphatic rings. The normalized spacial score (nSPS) is 14.7. The number of benzene rings is 2. The lowest BCUT2D eigenvalue weighted by Crippen LogP contribution is -2.38. The minimum atomic E-state index is -0.407. The number of amides is 1. The number of nitrogens with one attached hydrogen (secondary N) is 1. The van der Waals surface area contributed by atoms with Crippen molar-refractivity contribution < 1.29 is 14.3 Å². The van der Waals surface area contributed by atoms with Crippen LogP contribution in [0, 0.1) is 0 Å². The number of ether oxygens (including phenoxy) is 2. The largest absolute Gasteiger partial charge is 0.492 e. The predicted molar refractivity (Wildman–Crippen MR) is 144 cm³/mol. The minimum Gasteiger partial charge on any atom is -0.492 e. The highest BCUT2D eigenvalue weighted by Crippen LogP contribution is 2.25. The summed E-state index contributed by atoms with van der Waals surface area (Å²) in [5.74, 6) is 1.10. The van der Waals surface area contributed by atoms with Gasteiger partial charge in [-0.05, 0) is 36.4 Å². The van der Waals surface area contributed by atoms with E-state index in [4.69, 9.17) is 15.2 Å². The molecular weight excluding hydrogens is 470 g/mol. The zero-order chi connectivity index (χ0) is 26.0. The number of nitrogens with zero attached hydrogens (tertiary/aromatic N) is 5. The average molecular weight is 504 g/mol. The Morgan fingerprint density at radius 2 is 1.86 bits per heavy atom. The maximum atomic E-state index is 12.7. The SMILES string of the molecule is CC(C)(C)c1cc(N)n(C(=O)Nc2ccc(-n3cnc4cc(OCCN5CCOCC5)ccc43)cc2)n1. The summed E-state index contributed by atoms with van der Waals surface area (Å²) < 4.78 is 14.5. The standard InChI is InChI=1S/C27H33N7O3/c1-27(2,3)24-17-25(28)34(31-24)26(35)30-19-4-6-20(7-5-19)33-18-29-22-16-21(8-9-23(22)33)37-15-12-32-10-13-36-14-11-32/h4-9,16-18H,10-15,28H2,1-3H3,(H,30,35). The van der Waals surface area contributed by atoms with Crippen molar-refractivity contribution in [2.45, 2.75) is 26.2 Å². The minimum absolute atomic E-state index is 0.204. The molecule has 0 saturated carbocycles. The van der Waals surface area contributed by atoms with Crippen molar-refractivity contribution in [1.82, 2.24) is 24.2 Å². The maximum absolute atomic E-state index is 12.7. The quantitative estimate of drug-likeness (QED) is 0.410. The number of anilines is 2. The summed E-state index contributed by atoms with van der Waals surface area (Å²) >= 11 is 0. The van der Waals surface area contributed by atoms with Gasteiger partial charge in [0.2, 0.25) is 0 Å². The second-order valence-corrected chi connectivity index (χ2v) is 10.2. The summed E-state index contributed by atoms with van der Waals surface area (Å²) in [6.07, 6.45) is 1.79. The van der Waals surface area contributed by atoms with E-state index in [1.807, 2.05) is 67.8 Å². The number of carbonyl (C=O) groups is 1. The van der Waals surface area contributed by atoms with E-state index in [2.05, 4.69) is 20.3 Å². The molecule has 2 aromatic carbocycles. The number of imidazole rings is 1. The van der Waals surface area contributed by atoms with Crippen molar-refractivity contribution in [1.29, 1.82) is 0 Å². The lowest BCUT2D eigenvalue weighted by Gasteiger charge is -2.26. The van der Waals surface area contributed by atoms with Gasteiger partial charge in [-0.2, -0.15) is 9.78 Å². The summed E-state index contributed by atoms with van der Waals surface area (Å²) in [5.41, 5.74) is 9.96. The van der Waals surface area contributed by atoms with Crippen LogP contribution in [0.5, 0.6) is 5.75 Å². The van der Waals surface area contributed by atoms with Gasteiger partial charge in [0.15, 0.2) is 0 Å². The molecule has 0 unspecified atom stereocenters. The second-order valence-electron chi connectivity index (χ2n) is 10.2. The van der Waals surface area contributed by atoms with Gasteiger partial charge in [-0.3, -0.25) is 9.47 Å². The molecule has 5 rings (SSSR count). The first kappa shape index (κ1) is 24.8. The molecule has 0 radical (unpaired) electrons. The van der Waals surface area contributed by atoms with E-state index in [1.54, 1.807) is 12.4 Å². The summed E-state index contributed by atoms with van der Waals surface area (Å²) in [6, 6.07) is 14.8. The fourth-order valence-electron chi connectivity index (χ4n) is 4.21. The molecule has 0 atom stereocenters. The van der Waals surface area contributed by atoms with E-state index >= 15 is 0 Å². The van der Waals surface area contributed by atoms with E-state index in [9.17, 15) is 4.79 Å². The number of rotatable bonds is 6. The number of nitrogens with two attached hydrogens (primary N) is 1. The van der Waals surface area contributed by atoms with E-state index in [0.717, 1.165) is 61.0 Å². The number of hydrogen-bond acceptors (Lipinski definition) is 7. The third kappa shape index (κ3) is 5.60.